The second-order valence-electron chi connectivity index (χ2n) is 7.31. The maximum atomic E-state index is 10.6. The molecule has 1 aromatic rings. The first kappa shape index (κ1) is 23.0. The molecule has 0 saturated heterocycles. The number of guanidine groups is 1. The molecule has 154 valence electrons. The van der Waals surface area contributed by atoms with Crippen LogP contribution in [0.2, 0.25) is 0 Å². The molecule has 3 N–H and O–H groups in total. The summed E-state index contributed by atoms with van der Waals surface area (Å²) in [6.45, 7) is 9.88. The average Bonchev–Trinajstić information content (AvgIpc) is 2.64. The van der Waals surface area contributed by atoms with Gasteiger partial charge in [0, 0.05) is 25.8 Å². The van der Waals surface area contributed by atoms with E-state index in [4.69, 9.17) is 14.2 Å². The summed E-state index contributed by atoms with van der Waals surface area (Å²) in [6, 6.07) is 5.35. The predicted octanol–water partition coefficient (Wildman–Crippen LogP) is 2.35. The van der Waals surface area contributed by atoms with E-state index in [1.165, 1.54) is 0 Å². The highest BCUT2D eigenvalue weighted by Crippen LogP contribution is 2.29. The summed E-state index contributed by atoms with van der Waals surface area (Å²) in [5.74, 6) is 1.91. The van der Waals surface area contributed by atoms with Crippen LogP contribution < -0.4 is 20.1 Å². The maximum absolute atomic E-state index is 10.6. The lowest BCUT2D eigenvalue weighted by atomic mass is 9.89. The first-order valence-corrected chi connectivity index (χ1v) is 9.21. The summed E-state index contributed by atoms with van der Waals surface area (Å²) in [6.07, 6.45) is -0.781. The van der Waals surface area contributed by atoms with E-state index in [9.17, 15) is 5.11 Å². The van der Waals surface area contributed by atoms with Gasteiger partial charge in [-0.1, -0.05) is 20.8 Å². The predicted molar refractivity (Wildman–Crippen MR) is 109 cm³/mol. The molecule has 7 heteroatoms. The Labute approximate surface area is 163 Å². The van der Waals surface area contributed by atoms with Crippen LogP contribution in [0.15, 0.2) is 23.2 Å². The van der Waals surface area contributed by atoms with Crippen molar-refractivity contribution < 1.29 is 19.3 Å². The number of rotatable bonds is 9. The molecular weight excluding hydrogens is 346 g/mol. The molecular formula is C20H35N3O4. The van der Waals surface area contributed by atoms with Crippen LogP contribution in [-0.2, 0) is 4.74 Å². The third-order valence-corrected chi connectivity index (χ3v) is 4.27. The van der Waals surface area contributed by atoms with Gasteiger partial charge in [-0.2, -0.15) is 0 Å². The Hall–Kier alpha value is -1.99. The number of aliphatic hydroxyl groups excluding tert-OH is 1. The molecule has 0 aliphatic heterocycles. The monoisotopic (exact) mass is 381 g/mol. The number of methoxy groups -OCH3 is 3. The quantitative estimate of drug-likeness (QED) is 0.450. The standard InChI is InChI=1S/C20H35N3O4/c1-8-21-19(23-13-18(27-7)20(2,3)4)22-12-16(24)15-11-14(25-5)9-10-17(15)26-6/h9-11,16,18,24H,8,12-13H2,1-7H3,(H2,21,22,23). The summed E-state index contributed by atoms with van der Waals surface area (Å²) in [7, 11) is 4.87. The highest BCUT2D eigenvalue weighted by atomic mass is 16.5. The van der Waals surface area contributed by atoms with Crippen LogP contribution in [0.25, 0.3) is 0 Å². The molecule has 0 aliphatic rings. The van der Waals surface area contributed by atoms with Gasteiger partial charge >= 0.3 is 0 Å². The third kappa shape index (κ3) is 7.27. The number of aliphatic imine (C=N–C) groups is 1. The normalized spacial score (nSPS) is 14.4. The minimum atomic E-state index is -0.778. The Bertz CT molecular complexity index is 599. The number of aliphatic hydroxyl groups is 1. The molecule has 0 bridgehead atoms. The lowest BCUT2D eigenvalue weighted by molar-refractivity contribution is 0.0241. The topological polar surface area (TPSA) is 84.3 Å². The SMILES string of the molecule is CCNC(=NCC(OC)C(C)(C)C)NCC(O)c1cc(OC)ccc1OC. The molecule has 1 aromatic carbocycles. The van der Waals surface area contributed by atoms with Crippen LogP contribution in [0, 0.1) is 5.41 Å². The van der Waals surface area contributed by atoms with Crippen molar-refractivity contribution in [3.8, 4) is 11.5 Å². The van der Waals surface area contributed by atoms with Crippen LogP contribution in [-0.4, -0.2) is 58.1 Å². The van der Waals surface area contributed by atoms with Crippen LogP contribution in [0.3, 0.4) is 0 Å². The zero-order valence-electron chi connectivity index (χ0n) is 17.6. The fraction of sp³-hybridized carbons (Fsp3) is 0.650. The van der Waals surface area contributed by atoms with Gasteiger partial charge in [0.05, 0.1) is 33.0 Å². The maximum Gasteiger partial charge on any atom is 0.191 e. The van der Waals surface area contributed by atoms with Crippen molar-refractivity contribution in [1.29, 1.82) is 0 Å². The van der Waals surface area contributed by atoms with Gasteiger partial charge in [-0.05, 0) is 30.5 Å². The Kier molecular flexibility index (Phi) is 9.38. The number of nitrogens with one attached hydrogen (secondary N) is 2. The molecule has 27 heavy (non-hydrogen) atoms. The van der Waals surface area contributed by atoms with Crippen molar-refractivity contribution in [2.75, 3.05) is 41.0 Å². The summed E-state index contributed by atoms with van der Waals surface area (Å²) in [5, 5.41) is 17.0. The van der Waals surface area contributed by atoms with Crippen LogP contribution >= 0.6 is 0 Å². The summed E-state index contributed by atoms with van der Waals surface area (Å²) >= 11 is 0. The molecule has 0 saturated carbocycles. The van der Waals surface area contributed by atoms with Gasteiger partial charge < -0.3 is 30.0 Å². The molecule has 1 rings (SSSR count). The minimum Gasteiger partial charge on any atom is -0.497 e. The van der Waals surface area contributed by atoms with Gasteiger partial charge in [0.1, 0.15) is 11.5 Å². The third-order valence-electron chi connectivity index (χ3n) is 4.27. The molecule has 0 fully saturated rings. The highest BCUT2D eigenvalue weighted by molar-refractivity contribution is 5.79. The molecule has 7 nitrogen and oxygen atoms in total. The van der Waals surface area contributed by atoms with Crippen molar-refractivity contribution in [3.63, 3.8) is 0 Å². The Balaban J connectivity index is 2.83. The van der Waals surface area contributed by atoms with Crippen LogP contribution in [0.1, 0.15) is 39.4 Å². The Morgan fingerprint density at radius 3 is 2.37 bits per heavy atom. The molecule has 2 atom stereocenters. The van der Waals surface area contributed by atoms with Crippen molar-refractivity contribution in [1.82, 2.24) is 10.6 Å². The van der Waals surface area contributed by atoms with Crippen molar-refractivity contribution in [2.45, 2.75) is 39.9 Å². The number of hydrogen-bond donors (Lipinski definition) is 3. The molecule has 0 spiro atoms. The molecule has 0 aromatic heterocycles. The van der Waals surface area contributed by atoms with E-state index in [1.54, 1.807) is 39.5 Å². The number of nitrogens with zero attached hydrogens (tertiary/aromatic N) is 1. The van der Waals surface area contributed by atoms with Crippen LogP contribution in [0.4, 0.5) is 0 Å². The largest absolute Gasteiger partial charge is 0.497 e. The van der Waals surface area contributed by atoms with E-state index in [1.807, 2.05) is 6.92 Å². The van der Waals surface area contributed by atoms with E-state index in [-0.39, 0.29) is 18.1 Å². The zero-order chi connectivity index (χ0) is 20.4. The van der Waals surface area contributed by atoms with Gasteiger partial charge in [0.15, 0.2) is 5.96 Å². The number of hydrogen-bond acceptors (Lipinski definition) is 5. The Morgan fingerprint density at radius 2 is 1.85 bits per heavy atom. The van der Waals surface area contributed by atoms with Crippen molar-refractivity contribution in [3.05, 3.63) is 23.8 Å². The summed E-state index contributed by atoms with van der Waals surface area (Å²) in [5.41, 5.74) is 0.646. The van der Waals surface area contributed by atoms with Gasteiger partial charge in [-0.25, -0.2) is 0 Å². The second kappa shape index (κ2) is 11.0. The van der Waals surface area contributed by atoms with E-state index in [2.05, 4.69) is 36.4 Å². The van der Waals surface area contributed by atoms with Crippen molar-refractivity contribution >= 4 is 5.96 Å². The summed E-state index contributed by atoms with van der Waals surface area (Å²) < 4.78 is 16.1. The van der Waals surface area contributed by atoms with Gasteiger partial charge in [0.25, 0.3) is 0 Å². The first-order chi connectivity index (χ1) is 12.8. The fourth-order valence-electron chi connectivity index (χ4n) is 2.62. The molecule has 0 radical (unpaired) electrons. The van der Waals surface area contributed by atoms with E-state index in [0.717, 1.165) is 6.54 Å². The number of ether oxygens (including phenoxy) is 3. The molecule has 0 aliphatic carbocycles. The second-order valence-corrected chi connectivity index (χ2v) is 7.31. The zero-order valence-corrected chi connectivity index (χ0v) is 17.6. The van der Waals surface area contributed by atoms with Crippen molar-refractivity contribution in [2.24, 2.45) is 10.4 Å². The van der Waals surface area contributed by atoms with Gasteiger partial charge in [0.2, 0.25) is 0 Å². The first-order valence-electron chi connectivity index (χ1n) is 9.21. The highest BCUT2D eigenvalue weighted by Gasteiger charge is 2.24. The van der Waals surface area contributed by atoms with E-state index < -0.39 is 6.10 Å². The molecule has 2 unspecified atom stereocenters. The van der Waals surface area contributed by atoms with Gasteiger partial charge in [-0.15, -0.1) is 0 Å². The lowest BCUT2D eigenvalue weighted by Gasteiger charge is -2.28. The van der Waals surface area contributed by atoms with Crippen LogP contribution in [0.5, 0.6) is 11.5 Å². The molecule has 0 heterocycles. The van der Waals surface area contributed by atoms with E-state index in [0.29, 0.717) is 29.6 Å². The smallest absolute Gasteiger partial charge is 0.191 e. The minimum absolute atomic E-state index is 0.00337. The van der Waals surface area contributed by atoms with Gasteiger partial charge in [-0.3, -0.25) is 4.99 Å². The molecule has 0 amide bonds. The fourth-order valence-corrected chi connectivity index (χ4v) is 2.62. The van der Waals surface area contributed by atoms with E-state index >= 15 is 0 Å². The summed E-state index contributed by atoms with van der Waals surface area (Å²) in [4.78, 5) is 4.60. The average molecular weight is 382 g/mol. The number of benzene rings is 1. The Morgan fingerprint density at radius 1 is 1.15 bits per heavy atom. The lowest BCUT2D eigenvalue weighted by Crippen LogP contribution is -2.41.